The van der Waals surface area contributed by atoms with Crippen LogP contribution in [-0.2, 0) is 16.1 Å². The van der Waals surface area contributed by atoms with Gasteiger partial charge in [-0.1, -0.05) is 42.5 Å². The highest BCUT2D eigenvalue weighted by atomic mass is 32.1. The first-order valence-corrected chi connectivity index (χ1v) is 9.17. The third kappa shape index (κ3) is 3.41. The Bertz CT molecular complexity index is 909. The number of thiazole rings is 1. The van der Waals surface area contributed by atoms with Crippen molar-refractivity contribution >= 4 is 17.3 Å². The number of esters is 1. The van der Waals surface area contributed by atoms with Gasteiger partial charge in [0.1, 0.15) is 17.7 Å². The standard InChI is InChI=1S/C20H17NO4S/c1-13-18(25-17-10-6-5-9-16(17)24-13)20(22)23-11-15-12-26-19(21-15)14-7-3-2-4-8-14/h2-10,12-13,18H,11H2,1H3. The molecule has 0 bridgehead atoms. The van der Waals surface area contributed by atoms with E-state index in [0.717, 1.165) is 10.6 Å². The van der Waals surface area contributed by atoms with Crippen LogP contribution in [0.15, 0.2) is 60.0 Å². The minimum atomic E-state index is -0.794. The van der Waals surface area contributed by atoms with Crippen LogP contribution in [0.25, 0.3) is 10.6 Å². The summed E-state index contributed by atoms with van der Waals surface area (Å²) in [7, 11) is 0. The maximum Gasteiger partial charge on any atom is 0.351 e. The second kappa shape index (κ2) is 7.17. The highest BCUT2D eigenvalue weighted by Gasteiger charge is 2.35. The van der Waals surface area contributed by atoms with Gasteiger partial charge < -0.3 is 14.2 Å². The van der Waals surface area contributed by atoms with E-state index in [1.807, 2.05) is 53.9 Å². The number of ether oxygens (including phenoxy) is 3. The summed E-state index contributed by atoms with van der Waals surface area (Å²) in [5.41, 5.74) is 1.76. The van der Waals surface area contributed by atoms with Crippen molar-refractivity contribution in [1.82, 2.24) is 4.98 Å². The average molecular weight is 367 g/mol. The number of carbonyl (C=O) groups excluding carboxylic acids is 1. The van der Waals surface area contributed by atoms with Crippen molar-refractivity contribution in [3.05, 3.63) is 65.7 Å². The molecule has 0 fully saturated rings. The van der Waals surface area contributed by atoms with Crippen LogP contribution in [0.5, 0.6) is 11.5 Å². The van der Waals surface area contributed by atoms with Gasteiger partial charge in [0, 0.05) is 10.9 Å². The molecule has 2 atom stereocenters. The van der Waals surface area contributed by atoms with E-state index in [4.69, 9.17) is 14.2 Å². The number of hydrogen-bond donors (Lipinski definition) is 0. The first-order chi connectivity index (χ1) is 12.7. The topological polar surface area (TPSA) is 57.7 Å². The largest absolute Gasteiger partial charge is 0.482 e. The predicted octanol–water partition coefficient (Wildman–Crippen LogP) is 4.08. The number of benzene rings is 2. The maximum atomic E-state index is 12.4. The number of carbonyl (C=O) groups is 1. The van der Waals surface area contributed by atoms with Crippen LogP contribution in [0.1, 0.15) is 12.6 Å². The fraction of sp³-hybridized carbons (Fsp3) is 0.200. The summed E-state index contributed by atoms with van der Waals surface area (Å²) < 4.78 is 16.9. The van der Waals surface area contributed by atoms with Gasteiger partial charge in [-0.2, -0.15) is 0 Å². The molecular weight excluding hydrogens is 350 g/mol. The summed E-state index contributed by atoms with van der Waals surface area (Å²) in [6, 6.07) is 17.2. The first kappa shape index (κ1) is 16.6. The molecule has 132 valence electrons. The van der Waals surface area contributed by atoms with Gasteiger partial charge in [0.15, 0.2) is 11.5 Å². The molecule has 0 amide bonds. The molecule has 2 heterocycles. The molecule has 3 aromatic rings. The SMILES string of the molecule is CC1Oc2ccccc2OC1C(=O)OCc1csc(-c2ccccc2)n1. The number of fused-ring (bicyclic) bond motifs is 1. The van der Waals surface area contributed by atoms with Crippen LogP contribution < -0.4 is 9.47 Å². The number of hydrogen-bond acceptors (Lipinski definition) is 6. The fourth-order valence-electron chi connectivity index (χ4n) is 2.69. The zero-order chi connectivity index (χ0) is 17.9. The van der Waals surface area contributed by atoms with E-state index in [1.54, 1.807) is 13.0 Å². The molecule has 5 nitrogen and oxygen atoms in total. The number of para-hydroxylation sites is 2. The summed E-state index contributed by atoms with van der Waals surface area (Å²) in [4.78, 5) is 16.9. The summed E-state index contributed by atoms with van der Waals surface area (Å²) in [6.45, 7) is 1.90. The van der Waals surface area contributed by atoms with Crippen molar-refractivity contribution in [2.75, 3.05) is 0 Å². The lowest BCUT2D eigenvalue weighted by Crippen LogP contribution is -2.44. The van der Waals surface area contributed by atoms with Gasteiger partial charge >= 0.3 is 5.97 Å². The molecule has 2 aromatic carbocycles. The average Bonchev–Trinajstić information content (AvgIpc) is 3.15. The number of nitrogens with zero attached hydrogens (tertiary/aromatic N) is 1. The zero-order valence-corrected chi connectivity index (χ0v) is 14.9. The second-order valence-electron chi connectivity index (χ2n) is 5.93. The van der Waals surface area contributed by atoms with E-state index in [9.17, 15) is 4.79 Å². The molecule has 1 aromatic heterocycles. The molecule has 0 saturated heterocycles. The molecule has 26 heavy (non-hydrogen) atoms. The lowest BCUT2D eigenvalue weighted by Gasteiger charge is -2.30. The van der Waals surface area contributed by atoms with Crippen molar-refractivity contribution in [2.45, 2.75) is 25.7 Å². The molecule has 1 aliphatic rings. The Kier molecular flexibility index (Phi) is 4.58. The van der Waals surface area contributed by atoms with Gasteiger partial charge in [0.05, 0.1) is 5.69 Å². The number of rotatable bonds is 4. The highest BCUT2D eigenvalue weighted by Crippen LogP contribution is 2.33. The van der Waals surface area contributed by atoms with Crippen LogP contribution in [0.3, 0.4) is 0 Å². The van der Waals surface area contributed by atoms with E-state index in [-0.39, 0.29) is 6.61 Å². The molecule has 6 heteroatoms. The third-order valence-corrected chi connectivity index (χ3v) is 4.95. The normalized spacial score (nSPS) is 18.3. The van der Waals surface area contributed by atoms with Gasteiger partial charge in [0.2, 0.25) is 6.10 Å². The minimum absolute atomic E-state index is 0.108. The van der Waals surface area contributed by atoms with Gasteiger partial charge in [-0.3, -0.25) is 0 Å². The predicted molar refractivity (Wildman–Crippen MR) is 98.3 cm³/mol. The Morgan fingerprint density at radius 3 is 2.54 bits per heavy atom. The Morgan fingerprint density at radius 2 is 1.77 bits per heavy atom. The van der Waals surface area contributed by atoms with Crippen molar-refractivity contribution in [3.63, 3.8) is 0 Å². The summed E-state index contributed by atoms with van der Waals surface area (Å²) in [6.07, 6.45) is -1.22. The summed E-state index contributed by atoms with van der Waals surface area (Å²) in [5, 5.41) is 2.79. The van der Waals surface area contributed by atoms with Crippen LogP contribution in [0.4, 0.5) is 0 Å². The van der Waals surface area contributed by atoms with Crippen LogP contribution in [0.2, 0.25) is 0 Å². The maximum absolute atomic E-state index is 12.4. The molecule has 0 spiro atoms. The Labute approximate surface area is 155 Å². The highest BCUT2D eigenvalue weighted by molar-refractivity contribution is 7.13. The van der Waals surface area contributed by atoms with E-state index in [1.165, 1.54) is 11.3 Å². The Balaban J connectivity index is 1.39. The Morgan fingerprint density at radius 1 is 1.08 bits per heavy atom. The molecule has 0 N–H and O–H groups in total. The quantitative estimate of drug-likeness (QED) is 0.650. The summed E-state index contributed by atoms with van der Waals surface area (Å²) in [5.74, 6) is 0.727. The van der Waals surface area contributed by atoms with E-state index < -0.39 is 18.2 Å². The van der Waals surface area contributed by atoms with Crippen molar-refractivity contribution in [2.24, 2.45) is 0 Å². The first-order valence-electron chi connectivity index (χ1n) is 8.29. The molecule has 0 saturated carbocycles. The zero-order valence-electron chi connectivity index (χ0n) is 14.1. The second-order valence-corrected chi connectivity index (χ2v) is 6.78. The smallest absolute Gasteiger partial charge is 0.351 e. The van der Waals surface area contributed by atoms with Crippen molar-refractivity contribution in [3.8, 4) is 22.1 Å². The molecule has 2 unspecified atom stereocenters. The monoisotopic (exact) mass is 367 g/mol. The van der Waals surface area contributed by atoms with Gasteiger partial charge in [-0.05, 0) is 19.1 Å². The van der Waals surface area contributed by atoms with Crippen LogP contribution in [0, 0.1) is 0 Å². The molecule has 1 aliphatic heterocycles. The molecule has 0 aliphatic carbocycles. The number of aromatic nitrogens is 1. The Hall–Kier alpha value is -2.86. The van der Waals surface area contributed by atoms with E-state index in [0.29, 0.717) is 17.2 Å². The van der Waals surface area contributed by atoms with Crippen LogP contribution >= 0.6 is 11.3 Å². The molecule has 4 rings (SSSR count). The lowest BCUT2D eigenvalue weighted by molar-refractivity contribution is -0.159. The molecular formula is C20H17NO4S. The van der Waals surface area contributed by atoms with Crippen LogP contribution in [-0.4, -0.2) is 23.2 Å². The van der Waals surface area contributed by atoms with Gasteiger partial charge in [0.25, 0.3) is 0 Å². The fourth-order valence-corrected chi connectivity index (χ4v) is 3.50. The van der Waals surface area contributed by atoms with Gasteiger partial charge in [-0.15, -0.1) is 11.3 Å². The van der Waals surface area contributed by atoms with Gasteiger partial charge in [-0.25, -0.2) is 9.78 Å². The van der Waals surface area contributed by atoms with E-state index >= 15 is 0 Å². The van der Waals surface area contributed by atoms with E-state index in [2.05, 4.69) is 4.98 Å². The van der Waals surface area contributed by atoms with Crippen molar-refractivity contribution in [1.29, 1.82) is 0 Å². The summed E-state index contributed by atoms with van der Waals surface area (Å²) >= 11 is 1.52. The lowest BCUT2D eigenvalue weighted by atomic mass is 10.2. The third-order valence-electron chi connectivity index (χ3n) is 4.01. The molecule has 0 radical (unpaired) electrons. The minimum Gasteiger partial charge on any atom is -0.482 e. The van der Waals surface area contributed by atoms with Crippen molar-refractivity contribution < 1.29 is 19.0 Å².